The standard InChI is InChI=1S/C13H20N2O/c1-7-6-12-14-10(4)9(3)13(16)15(12)11(5)8(7)2/h7-8,11H,6H2,1-5H3. The van der Waals surface area contributed by atoms with E-state index in [-0.39, 0.29) is 11.6 Å². The van der Waals surface area contributed by atoms with Gasteiger partial charge in [0.25, 0.3) is 5.56 Å². The molecule has 0 aromatic carbocycles. The van der Waals surface area contributed by atoms with E-state index in [0.717, 1.165) is 23.5 Å². The van der Waals surface area contributed by atoms with Crippen molar-refractivity contribution in [3.05, 3.63) is 27.4 Å². The lowest BCUT2D eigenvalue weighted by molar-refractivity contribution is 0.223. The Labute approximate surface area is 96.5 Å². The number of nitrogens with zero attached hydrogens (tertiary/aromatic N) is 2. The molecule has 0 saturated carbocycles. The van der Waals surface area contributed by atoms with Crippen molar-refractivity contribution in [1.29, 1.82) is 0 Å². The SMILES string of the molecule is Cc1nc2n(c(=O)c1C)C(C)C(C)C(C)C2. The molecule has 1 aromatic heterocycles. The lowest BCUT2D eigenvalue weighted by Crippen LogP contribution is -2.39. The zero-order valence-electron chi connectivity index (χ0n) is 10.7. The molecule has 1 aliphatic rings. The van der Waals surface area contributed by atoms with Crippen LogP contribution in [0.25, 0.3) is 0 Å². The van der Waals surface area contributed by atoms with Crippen LogP contribution in [-0.4, -0.2) is 9.55 Å². The third-order valence-corrected chi connectivity index (χ3v) is 4.23. The maximum Gasteiger partial charge on any atom is 0.256 e. The zero-order valence-corrected chi connectivity index (χ0v) is 10.7. The highest BCUT2D eigenvalue weighted by molar-refractivity contribution is 5.17. The molecule has 3 unspecified atom stereocenters. The van der Waals surface area contributed by atoms with Gasteiger partial charge in [-0.1, -0.05) is 13.8 Å². The first-order valence-electron chi connectivity index (χ1n) is 6.02. The van der Waals surface area contributed by atoms with Crippen molar-refractivity contribution in [3.63, 3.8) is 0 Å². The van der Waals surface area contributed by atoms with E-state index in [1.807, 2.05) is 18.4 Å². The molecule has 0 aliphatic carbocycles. The molecule has 3 nitrogen and oxygen atoms in total. The van der Waals surface area contributed by atoms with Crippen molar-refractivity contribution in [2.45, 2.75) is 47.1 Å². The Morgan fingerprint density at radius 2 is 1.88 bits per heavy atom. The van der Waals surface area contributed by atoms with Crippen molar-refractivity contribution >= 4 is 0 Å². The number of rotatable bonds is 0. The molecule has 16 heavy (non-hydrogen) atoms. The summed E-state index contributed by atoms with van der Waals surface area (Å²) in [5, 5.41) is 0. The van der Waals surface area contributed by atoms with Gasteiger partial charge in [0.1, 0.15) is 5.82 Å². The number of aryl methyl sites for hydroxylation is 1. The molecule has 0 spiro atoms. The number of hydrogen-bond donors (Lipinski definition) is 0. The van der Waals surface area contributed by atoms with Gasteiger partial charge in [0.15, 0.2) is 0 Å². The first-order chi connectivity index (χ1) is 7.43. The predicted molar refractivity (Wildman–Crippen MR) is 64.7 cm³/mol. The summed E-state index contributed by atoms with van der Waals surface area (Å²) in [5.41, 5.74) is 1.82. The third kappa shape index (κ3) is 1.49. The summed E-state index contributed by atoms with van der Waals surface area (Å²) in [7, 11) is 0. The minimum absolute atomic E-state index is 0.147. The Balaban J connectivity index is 2.67. The first kappa shape index (κ1) is 11.4. The van der Waals surface area contributed by atoms with Crippen LogP contribution in [0.4, 0.5) is 0 Å². The molecule has 1 aliphatic heterocycles. The molecule has 3 atom stereocenters. The second-order valence-electron chi connectivity index (χ2n) is 5.19. The van der Waals surface area contributed by atoms with Crippen molar-refractivity contribution in [2.75, 3.05) is 0 Å². The minimum Gasteiger partial charge on any atom is -0.293 e. The van der Waals surface area contributed by atoms with Gasteiger partial charge in [-0.15, -0.1) is 0 Å². The van der Waals surface area contributed by atoms with Gasteiger partial charge < -0.3 is 0 Å². The van der Waals surface area contributed by atoms with E-state index in [4.69, 9.17) is 0 Å². The smallest absolute Gasteiger partial charge is 0.256 e. The molecular weight excluding hydrogens is 200 g/mol. The molecular formula is C13H20N2O. The molecule has 88 valence electrons. The first-order valence-corrected chi connectivity index (χ1v) is 6.02. The molecule has 2 heterocycles. The van der Waals surface area contributed by atoms with E-state index in [0.29, 0.717) is 11.8 Å². The summed E-state index contributed by atoms with van der Waals surface area (Å²) in [6.07, 6.45) is 0.919. The van der Waals surface area contributed by atoms with Crippen LogP contribution in [0.5, 0.6) is 0 Å². The summed E-state index contributed by atoms with van der Waals surface area (Å²) in [5.74, 6) is 2.10. The van der Waals surface area contributed by atoms with Gasteiger partial charge in [-0.25, -0.2) is 4.98 Å². The van der Waals surface area contributed by atoms with Crippen LogP contribution in [0, 0.1) is 25.7 Å². The van der Waals surface area contributed by atoms with Gasteiger partial charge in [0.2, 0.25) is 0 Å². The average molecular weight is 220 g/mol. The van der Waals surface area contributed by atoms with Gasteiger partial charge >= 0.3 is 0 Å². The van der Waals surface area contributed by atoms with E-state index >= 15 is 0 Å². The topological polar surface area (TPSA) is 34.9 Å². The molecule has 0 amide bonds. The fourth-order valence-corrected chi connectivity index (χ4v) is 2.53. The van der Waals surface area contributed by atoms with Crippen LogP contribution in [0.2, 0.25) is 0 Å². The quantitative estimate of drug-likeness (QED) is 0.672. The normalized spacial score (nSPS) is 28.9. The third-order valence-electron chi connectivity index (χ3n) is 4.23. The van der Waals surface area contributed by atoms with Crippen molar-refractivity contribution in [1.82, 2.24) is 9.55 Å². The highest BCUT2D eigenvalue weighted by atomic mass is 16.1. The highest BCUT2D eigenvalue weighted by Crippen LogP contribution is 2.31. The van der Waals surface area contributed by atoms with Crippen LogP contribution < -0.4 is 5.56 Å². The van der Waals surface area contributed by atoms with Crippen LogP contribution >= 0.6 is 0 Å². The maximum absolute atomic E-state index is 12.2. The Kier molecular flexibility index (Phi) is 2.64. The second kappa shape index (κ2) is 3.72. The average Bonchev–Trinajstić information content (AvgIpc) is 2.23. The number of hydrogen-bond acceptors (Lipinski definition) is 2. The van der Waals surface area contributed by atoms with Crippen LogP contribution in [0.15, 0.2) is 4.79 Å². The molecule has 0 saturated heterocycles. The summed E-state index contributed by atoms with van der Waals surface area (Å²) < 4.78 is 1.90. The molecule has 0 N–H and O–H groups in total. The molecule has 1 aromatic rings. The van der Waals surface area contributed by atoms with E-state index in [1.165, 1.54) is 0 Å². The second-order valence-corrected chi connectivity index (χ2v) is 5.19. The van der Waals surface area contributed by atoms with Crippen LogP contribution in [0.1, 0.15) is 43.9 Å². The fourth-order valence-electron chi connectivity index (χ4n) is 2.53. The van der Waals surface area contributed by atoms with E-state index in [1.54, 1.807) is 0 Å². The Bertz CT molecular complexity index is 476. The molecule has 0 fully saturated rings. The minimum atomic E-state index is 0.147. The summed E-state index contributed by atoms with van der Waals surface area (Å²) in [4.78, 5) is 16.8. The van der Waals surface area contributed by atoms with E-state index in [2.05, 4.69) is 25.8 Å². The van der Waals surface area contributed by atoms with Crippen LogP contribution in [-0.2, 0) is 6.42 Å². The van der Waals surface area contributed by atoms with Crippen LogP contribution in [0.3, 0.4) is 0 Å². The lowest BCUT2D eigenvalue weighted by Gasteiger charge is -2.35. The van der Waals surface area contributed by atoms with Gasteiger partial charge in [0, 0.05) is 23.7 Å². The number of aromatic nitrogens is 2. The largest absolute Gasteiger partial charge is 0.293 e. The monoisotopic (exact) mass is 220 g/mol. The Hall–Kier alpha value is -1.12. The van der Waals surface area contributed by atoms with Gasteiger partial charge in [0.05, 0.1) is 0 Å². The van der Waals surface area contributed by atoms with Gasteiger partial charge in [-0.3, -0.25) is 9.36 Å². The summed E-state index contributed by atoms with van der Waals surface area (Å²) in [6.45, 7) is 10.4. The predicted octanol–water partition coefficient (Wildman–Crippen LogP) is 2.25. The van der Waals surface area contributed by atoms with Gasteiger partial charge in [-0.2, -0.15) is 0 Å². The molecule has 2 rings (SSSR count). The Morgan fingerprint density at radius 1 is 1.25 bits per heavy atom. The van der Waals surface area contributed by atoms with Crippen molar-refractivity contribution < 1.29 is 0 Å². The summed E-state index contributed by atoms with van der Waals surface area (Å²) >= 11 is 0. The zero-order chi connectivity index (χ0) is 12.0. The van der Waals surface area contributed by atoms with E-state index in [9.17, 15) is 4.79 Å². The Morgan fingerprint density at radius 3 is 2.50 bits per heavy atom. The molecule has 3 heteroatoms. The lowest BCUT2D eigenvalue weighted by atomic mass is 9.83. The fraction of sp³-hybridized carbons (Fsp3) is 0.692. The summed E-state index contributed by atoms with van der Waals surface area (Å²) in [6, 6.07) is 0.262. The molecule has 0 bridgehead atoms. The number of fused-ring (bicyclic) bond motifs is 1. The van der Waals surface area contributed by atoms with Gasteiger partial charge in [-0.05, 0) is 32.6 Å². The van der Waals surface area contributed by atoms with Crippen molar-refractivity contribution in [2.24, 2.45) is 11.8 Å². The van der Waals surface area contributed by atoms with Crippen molar-refractivity contribution in [3.8, 4) is 0 Å². The van der Waals surface area contributed by atoms with E-state index < -0.39 is 0 Å². The highest BCUT2D eigenvalue weighted by Gasteiger charge is 2.30. The molecule has 0 radical (unpaired) electrons. The maximum atomic E-state index is 12.2.